The van der Waals surface area contributed by atoms with E-state index >= 15 is 0 Å². The molecule has 116 valence electrons. The third-order valence-electron chi connectivity index (χ3n) is 5.47. The van der Waals surface area contributed by atoms with Crippen molar-refractivity contribution in [3.05, 3.63) is 23.8 Å². The van der Waals surface area contributed by atoms with Crippen molar-refractivity contribution in [1.29, 1.82) is 5.26 Å². The average molecular weight is 285 g/mol. The molecule has 21 heavy (non-hydrogen) atoms. The van der Waals surface area contributed by atoms with Gasteiger partial charge >= 0.3 is 0 Å². The summed E-state index contributed by atoms with van der Waals surface area (Å²) in [5, 5.41) is 8.89. The van der Waals surface area contributed by atoms with Gasteiger partial charge in [0.1, 0.15) is 0 Å². The second-order valence-corrected chi connectivity index (χ2v) is 7.01. The fourth-order valence-corrected chi connectivity index (χ4v) is 4.01. The molecule has 1 fully saturated rings. The first-order chi connectivity index (χ1) is 10.3. The first kappa shape index (κ1) is 16.3. The number of hydrogen-bond acceptors (Lipinski definition) is 1. The lowest BCUT2D eigenvalue weighted by atomic mass is 9.72. The first-order valence-corrected chi connectivity index (χ1v) is 9.12. The number of unbranched alkanes of at least 4 members (excludes halogenated alkanes) is 4. The van der Waals surface area contributed by atoms with Gasteiger partial charge in [-0.25, -0.2) is 0 Å². The Bertz CT molecular complexity index is 391. The molecule has 2 aliphatic carbocycles. The van der Waals surface area contributed by atoms with Gasteiger partial charge in [0.15, 0.2) is 0 Å². The molecule has 0 bridgehead atoms. The smallest absolute Gasteiger partial charge is 0.0988 e. The Morgan fingerprint density at radius 3 is 2.48 bits per heavy atom. The Morgan fingerprint density at radius 1 is 1.10 bits per heavy atom. The van der Waals surface area contributed by atoms with Crippen LogP contribution in [0.25, 0.3) is 0 Å². The molecule has 1 unspecified atom stereocenters. The van der Waals surface area contributed by atoms with Crippen LogP contribution in [-0.2, 0) is 0 Å². The Kier molecular flexibility index (Phi) is 7.07. The van der Waals surface area contributed by atoms with E-state index in [0.29, 0.717) is 5.92 Å². The molecule has 0 spiro atoms. The van der Waals surface area contributed by atoms with Crippen LogP contribution in [0.5, 0.6) is 0 Å². The summed E-state index contributed by atoms with van der Waals surface area (Å²) < 4.78 is 0. The molecule has 1 atom stereocenters. The molecule has 0 N–H and O–H groups in total. The van der Waals surface area contributed by atoms with Crippen molar-refractivity contribution < 1.29 is 0 Å². The molecule has 2 aliphatic rings. The maximum Gasteiger partial charge on any atom is 0.0988 e. The highest BCUT2D eigenvalue weighted by Gasteiger charge is 2.26. The van der Waals surface area contributed by atoms with Gasteiger partial charge < -0.3 is 0 Å². The molecular formula is C20H31N. The molecule has 0 radical (unpaired) electrons. The number of allylic oxidation sites excluding steroid dienone is 4. The number of nitrogens with zero attached hydrogens (tertiary/aromatic N) is 1. The number of rotatable bonds is 7. The van der Waals surface area contributed by atoms with E-state index < -0.39 is 0 Å². The molecule has 0 saturated heterocycles. The minimum absolute atomic E-state index is 0.701. The molecule has 2 rings (SSSR count). The summed E-state index contributed by atoms with van der Waals surface area (Å²) in [6.45, 7) is 2.29. The van der Waals surface area contributed by atoms with E-state index in [-0.39, 0.29) is 0 Å². The molecule has 0 aliphatic heterocycles. The zero-order valence-corrected chi connectivity index (χ0v) is 13.7. The molecule has 0 heterocycles. The van der Waals surface area contributed by atoms with E-state index in [9.17, 15) is 0 Å². The molecule has 0 aromatic rings. The Hall–Kier alpha value is -1.03. The predicted molar refractivity (Wildman–Crippen MR) is 89.8 cm³/mol. The third-order valence-corrected chi connectivity index (χ3v) is 5.47. The van der Waals surface area contributed by atoms with Crippen LogP contribution in [-0.4, -0.2) is 0 Å². The lowest BCUT2D eigenvalue weighted by molar-refractivity contribution is 0.218. The minimum Gasteiger partial charge on any atom is -0.192 e. The summed E-state index contributed by atoms with van der Waals surface area (Å²) in [5.41, 5.74) is 0.854. The van der Waals surface area contributed by atoms with Crippen molar-refractivity contribution in [1.82, 2.24) is 0 Å². The second kappa shape index (κ2) is 9.08. The summed E-state index contributed by atoms with van der Waals surface area (Å²) in [6.07, 6.45) is 21.8. The van der Waals surface area contributed by atoms with Gasteiger partial charge in [-0.3, -0.25) is 0 Å². The van der Waals surface area contributed by atoms with Crippen LogP contribution in [0.3, 0.4) is 0 Å². The van der Waals surface area contributed by atoms with Crippen molar-refractivity contribution in [2.24, 2.45) is 17.8 Å². The third kappa shape index (κ3) is 5.34. The van der Waals surface area contributed by atoms with E-state index in [1.54, 1.807) is 0 Å². The highest BCUT2D eigenvalue weighted by Crippen LogP contribution is 2.38. The van der Waals surface area contributed by atoms with Gasteiger partial charge in [-0.2, -0.15) is 5.26 Å². The van der Waals surface area contributed by atoms with Crippen LogP contribution in [0.1, 0.15) is 77.6 Å². The fourth-order valence-electron chi connectivity index (χ4n) is 4.01. The zero-order chi connectivity index (χ0) is 14.9. The average Bonchev–Trinajstić information content (AvgIpc) is 2.55. The zero-order valence-electron chi connectivity index (χ0n) is 13.7. The SMILES string of the molecule is CCCCCCCC1CCC(C2C=CC(C#N)=CC2)CC1. The van der Waals surface area contributed by atoms with Crippen LogP contribution < -0.4 is 0 Å². The molecule has 1 saturated carbocycles. The Labute approximate surface area is 131 Å². The van der Waals surface area contributed by atoms with Gasteiger partial charge in [0.25, 0.3) is 0 Å². The van der Waals surface area contributed by atoms with Crippen molar-refractivity contribution in [2.45, 2.75) is 77.6 Å². The van der Waals surface area contributed by atoms with Crippen LogP contribution in [0.15, 0.2) is 23.8 Å². The van der Waals surface area contributed by atoms with Crippen molar-refractivity contribution in [3.8, 4) is 6.07 Å². The maximum absolute atomic E-state index is 8.89. The van der Waals surface area contributed by atoms with Crippen molar-refractivity contribution in [2.75, 3.05) is 0 Å². The quantitative estimate of drug-likeness (QED) is 0.512. The summed E-state index contributed by atoms with van der Waals surface area (Å²) in [7, 11) is 0. The van der Waals surface area contributed by atoms with Gasteiger partial charge in [0, 0.05) is 5.57 Å². The summed E-state index contributed by atoms with van der Waals surface area (Å²) in [4.78, 5) is 0. The highest BCUT2D eigenvalue weighted by molar-refractivity contribution is 5.35. The summed E-state index contributed by atoms with van der Waals surface area (Å²) >= 11 is 0. The lowest BCUT2D eigenvalue weighted by Gasteiger charge is -2.33. The van der Waals surface area contributed by atoms with E-state index in [2.05, 4.69) is 25.1 Å². The van der Waals surface area contributed by atoms with Crippen molar-refractivity contribution in [3.63, 3.8) is 0 Å². The molecule has 0 aromatic carbocycles. The molecule has 0 aromatic heterocycles. The molecule has 1 nitrogen and oxygen atoms in total. The lowest BCUT2D eigenvalue weighted by Crippen LogP contribution is -2.21. The molecular weight excluding hydrogens is 254 g/mol. The van der Waals surface area contributed by atoms with Crippen molar-refractivity contribution >= 4 is 0 Å². The summed E-state index contributed by atoms with van der Waals surface area (Å²) in [6, 6.07) is 2.25. The molecule has 1 heteroatoms. The van der Waals surface area contributed by atoms with Gasteiger partial charge in [-0.05, 0) is 43.1 Å². The number of nitriles is 1. The van der Waals surface area contributed by atoms with Gasteiger partial charge in [0.2, 0.25) is 0 Å². The minimum atomic E-state index is 0.701. The normalized spacial score (nSPS) is 29.0. The van der Waals surface area contributed by atoms with E-state index in [4.69, 9.17) is 5.26 Å². The summed E-state index contributed by atoms with van der Waals surface area (Å²) in [5.74, 6) is 2.57. The second-order valence-electron chi connectivity index (χ2n) is 7.01. The highest BCUT2D eigenvalue weighted by atomic mass is 14.3. The van der Waals surface area contributed by atoms with E-state index in [0.717, 1.165) is 23.8 Å². The Morgan fingerprint density at radius 2 is 1.86 bits per heavy atom. The van der Waals surface area contributed by atoms with Crippen LogP contribution in [0.2, 0.25) is 0 Å². The van der Waals surface area contributed by atoms with E-state index in [1.807, 2.05) is 6.08 Å². The van der Waals surface area contributed by atoms with Gasteiger partial charge in [-0.1, -0.05) is 70.4 Å². The van der Waals surface area contributed by atoms with E-state index in [1.165, 1.54) is 64.2 Å². The maximum atomic E-state index is 8.89. The standard InChI is InChI=1S/C20H31N/c1-2-3-4-5-6-7-17-8-12-19(13-9-17)20-14-10-18(16-21)11-15-20/h10-11,14,17,19-20H,2-9,12-13,15H2,1H3. The Balaban J connectivity index is 1.62. The number of hydrogen-bond donors (Lipinski definition) is 0. The van der Waals surface area contributed by atoms with Gasteiger partial charge in [-0.15, -0.1) is 0 Å². The topological polar surface area (TPSA) is 23.8 Å². The van der Waals surface area contributed by atoms with Gasteiger partial charge in [0.05, 0.1) is 6.07 Å². The van der Waals surface area contributed by atoms with Crippen LogP contribution in [0.4, 0.5) is 0 Å². The predicted octanol–water partition coefficient (Wildman–Crippen LogP) is 6.18. The van der Waals surface area contributed by atoms with Crippen LogP contribution >= 0.6 is 0 Å². The monoisotopic (exact) mass is 285 g/mol. The fraction of sp³-hybridized carbons (Fsp3) is 0.750. The molecule has 0 amide bonds. The van der Waals surface area contributed by atoms with Crippen LogP contribution in [0, 0.1) is 29.1 Å². The largest absolute Gasteiger partial charge is 0.192 e. The first-order valence-electron chi connectivity index (χ1n) is 9.12.